The molecular formula is C6H15N3O2. The van der Waals surface area contributed by atoms with Gasteiger partial charge in [0.25, 0.3) is 0 Å². The van der Waals surface area contributed by atoms with Crippen LogP contribution in [0.15, 0.2) is 0 Å². The molecule has 5 heteroatoms. The fourth-order valence-corrected chi connectivity index (χ4v) is 0.523. The van der Waals surface area contributed by atoms with Crippen LogP contribution in [0.4, 0.5) is 0 Å². The Balaban J connectivity index is 2.95. The molecule has 0 radical (unpaired) electrons. The molecule has 0 aliphatic carbocycles. The summed E-state index contributed by atoms with van der Waals surface area (Å²) in [5.74, 6) is -0.375. The van der Waals surface area contributed by atoms with E-state index in [0.29, 0.717) is 19.7 Å². The van der Waals surface area contributed by atoms with Crippen molar-refractivity contribution in [3.05, 3.63) is 0 Å². The highest BCUT2D eigenvalue weighted by molar-refractivity contribution is 5.71. The highest BCUT2D eigenvalue weighted by Gasteiger charge is 1.95. The molecule has 0 aromatic heterocycles. The van der Waals surface area contributed by atoms with Crippen LogP contribution in [0, 0.1) is 0 Å². The topological polar surface area (TPSA) is 90.4 Å². The maximum atomic E-state index is 10.4. The third-order valence-corrected chi connectivity index (χ3v) is 1.03. The van der Waals surface area contributed by atoms with Crippen LogP contribution in [-0.4, -0.2) is 38.8 Å². The summed E-state index contributed by atoms with van der Waals surface area (Å²) in [6.45, 7) is 2.25. The van der Waals surface area contributed by atoms with E-state index in [0.717, 1.165) is 6.54 Å². The maximum absolute atomic E-state index is 10.4. The fraction of sp³-hybridized carbons (Fsp3) is 0.833. The zero-order chi connectivity index (χ0) is 8.53. The summed E-state index contributed by atoms with van der Waals surface area (Å²) in [7, 11) is 0. The maximum Gasteiger partial charge on any atom is 0.319 e. The molecule has 5 N–H and O–H groups in total. The van der Waals surface area contributed by atoms with Gasteiger partial charge in [0.05, 0.1) is 6.54 Å². The number of nitrogens with one attached hydrogen (secondary N) is 1. The Hall–Kier alpha value is -0.650. The van der Waals surface area contributed by atoms with Crippen molar-refractivity contribution in [2.75, 3.05) is 32.8 Å². The van der Waals surface area contributed by atoms with Crippen molar-refractivity contribution in [1.82, 2.24) is 5.32 Å². The Morgan fingerprint density at radius 2 is 2.09 bits per heavy atom. The van der Waals surface area contributed by atoms with Gasteiger partial charge in [-0.1, -0.05) is 0 Å². The van der Waals surface area contributed by atoms with E-state index in [2.05, 4.69) is 10.1 Å². The minimum Gasteiger partial charge on any atom is -0.463 e. The zero-order valence-corrected chi connectivity index (χ0v) is 6.51. The molecule has 5 nitrogen and oxygen atoms in total. The molecule has 0 saturated heterocycles. The number of rotatable bonds is 6. The molecule has 0 aromatic carbocycles. The second-order valence-corrected chi connectivity index (χ2v) is 1.96. The van der Waals surface area contributed by atoms with Crippen molar-refractivity contribution in [2.45, 2.75) is 0 Å². The first-order chi connectivity index (χ1) is 5.31. The molecule has 0 spiro atoms. The van der Waals surface area contributed by atoms with Gasteiger partial charge in [0, 0.05) is 19.6 Å². The van der Waals surface area contributed by atoms with Crippen molar-refractivity contribution >= 4 is 5.97 Å². The Morgan fingerprint density at radius 1 is 1.36 bits per heavy atom. The van der Waals surface area contributed by atoms with Crippen LogP contribution >= 0.6 is 0 Å². The van der Waals surface area contributed by atoms with E-state index in [-0.39, 0.29) is 12.5 Å². The van der Waals surface area contributed by atoms with Crippen LogP contribution in [-0.2, 0) is 9.53 Å². The van der Waals surface area contributed by atoms with E-state index in [1.54, 1.807) is 0 Å². The van der Waals surface area contributed by atoms with Gasteiger partial charge < -0.3 is 21.5 Å². The van der Waals surface area contributed by atoms with E-state index in [1.807, 2.05) is 0 Å². The van der Waals surface area contributed by atoms with Crippen molar-refractivity contribution in [1.29, 1.82) is 0 Å². The Kier molecular flexibility index (Phi) is 7.02. The van der Waals surface area contributed by atoms with E-state index < -0.39 is 0 Å². The van der Waals surface area contributed by atoms with Gasteiger partial charge in [0.2, 0.25) is 0 Å². The molecule has 0 aromatic rings. The molecular weight excluding hydrogens is 146 g/mol. The second kappa shape index (κ2) is 7.46. The van der Waals surface area contributed by atoms with Gasteiger partial charge in [-0.15, -0.1) is 0 Å². The summed E-state index contributed by atoms with van der Waals surface area (Å²) < 4.78 is 4.67. The molecule has 0 aliphatic heterocycles. The minimum atomic E-state index is -0.375. The summed E-state index contributed by atoms with van der Waals surface area (Å²) in [5.41, 5.74) is 10.2. The third-order valence-electron chi connectivity index (χ3n) is 1.03. The molecule has 66 valence electrons. The normalized spacial score (nSPS) is 9.64. The standard InChI is InChI=1S/C6H15N3O2/c7-1-2-9-3-4-11-6(10)5-8/h9H,1-5,7-8H2. The van der Waals surface area contributed by atoms with E-state index in [4.69, 9.17) is 11.5 Å². The van der Waals surface area contributed by atoms with Crippen LogP contribution in [0.5, 0.6) is 0 Å². The van der Waals surface area contributed by atoms with Crippen LogP contribution in [0.25, 0.3) is 0 Å². The predicted molar refractivity (Wildman–Crippen MR) is 41.9 cm³/mol. The van der Waals surface area contributed by atoms with E-state index in [9.17, 15) is 4.79 Å². The first kappa shape index (κ1) is 10.3. The summed E-state index contributed by atoms with van der Waals surface area (Å²) in [4.78, 5) is 10.4. The highest BCUT2D eigenvalue weighted by Crippen LogP contribution is 1.72. The number of ether oxygens (including phenoxy) is 1. The largest absolute Gasteiger partial charge is 0.463 e. The average Bonchev–Trinajstić information content (AvgIpc) is 2.04. The summed E-state index contributed by atoms with van der Waals surface area (Å²) in [6, 6.07) is 0. The molecule has 0 rings (SSSR count). The minimum absolute atomic E-state index is 0.0586. The monoisotopic (exact) mass is 161 g/mol. The number of hydrogen-bond acceptors (Lipinski definition) is 5. The first-order valence-corrected chi connectivity index (χ1v) is 3.57. The molecule has 0 aliphatic rings. The quantitative estimate of drug-likeness (QED) is 0.311. The van der Waals surface area contributed by atoms with Crippen LogP contribution in [0.2, 0.25) is 0 Å². The van der Waals surface area contributed by atoms with Crippen molar-refractivity contribution in [2.24, 2.45) is 11.5 Å². The number of nitrogens with two attached hydrogens (primary N) is 2. The molecule has 0 bridgehead atoms. The lowest BCUT2D eigenvalue weighted by Crippen LogP contribution is -2.28. The summed E-state index contributed by atoms with van der Waals surface area (Å²) >= 11 is 0. The molecule has 11 heavy (non-hydrogen) atoms. The molecule has 0 amide bonds. The average molecular weight is 161 g/mol. The fourth-order valence-electron chi connectivity index (χ4n) is 0.523. The number of carbonyl (C=O) groups is 1. The Bertz CT molecular complexity index is 108. The lowest BCUT2D eigenvalue weighted by atomic mass is 10.6. The van der Waals surface area contributed by atoms with Crippen molar-refractivity contribution in [3.8, 4) is 0 Å². The van der Waals surface area contributed by atoms with Gasteiger partial charge in [0.15, 0.2) is 0 Å². The lowest BCUT2D eigenvalue weighted by molar-refractivity contribution is -0.141. The highest BCUT2D eigenvalue weighted by atomic mass is 16.5. The van der Waals surface area contributed by atoms with Gasteiger partial charge in [-0.2, -0.15) is 0 Å². The Labute approximate surface area is 66.1 Å². The zero-order valence-electron chi connectivity index (χ0n) is 6.51. The van der Waals surface area contributed by atoms with Crippen molar-refractivity contribution in [3.63, 3.8) is 0 Å². The third kappa shape index (κ3) is 7.24. The number of hydrogen-bond donors (Lipinski definition) is 3. The van der Waals surface area contributed by atoms with E-state index in [1.165, 1.54) is 0 Å². The smallest absolute Gasteiger partial charge is 0.319 e. The van der Waals surface area contributed by atoms with Crippen LogP contribution in [0.1, 0.15) is 0 Å². The molecule has 0 atom stereocenters. The molecule has 0 heterocycles. The van der Waals surface area contributed by atoms with Crippen molar-refractivity contribution < 1.29 is 9.53 Å². The number of carbonyl (C=O) groups excluding carboxylic acids is 1. The van der Waals surface area contributed by atoms with Gasteiger partial charge in [-0.25, -0.2) is 0 Å². The second-order valence-electron chi connectivity index (χ2n) is 1.96. The van der Waals surface area contributed by atoms with E-state index >= 15 is 0 Å². The van der Waals surface area contributed by atoms with Gasteiger partial charge in [0.1, 0.15) is 6.61 Å². The van der Waals surface area contributed by atoms with Crippen LogP contribution in [0.3, 0.4) is 0 Å². The summed E-state index contributed by atoms with van der Waals surface area (Å²) in [5, 5.41) is 2.97. The van der Waals surface area contributed by atoms with Gasteiger partial charge in [-0.3, -0.25) is 4.79 Å². The Morgan fingerprint density at radius 3 is 2.64 bits per heavy atom. The van der Waals surface area contributed by atoms with Crippen LogP contribution < -0.4 is 16.8 Å². The van der Waals surface area contributed by atoms with Gasteiger partial charge >= 0.3 is 5.97 Å². The van der Waals surface area contributed by atoms with Gasteiger partial charge in [-0.05, 0) is 0 Å². The summed E-state index contributed by atoms with van der Waals surface area (Å²) in [6.07, 6.45) is 0. The first-order valence-electron chi connectivity index (χ1n) is 3.57. The SMILES string of the molecule is NCCNCCOC(=O)CN. The lowest BCUT2D eigenvalue weighted by Gasteiger charge is -2.03. The predicted octanol–water partition coefficient (Wildman–Crippen LogP) is -1.96. The molecule has 0 fully saturated rings. The molecule has 0 saturated carbocycles. The number of esters is 1. The molecule has 0 unspecified atom stereocenters.